The van der Waals surface area contributed by atoms with Crippen LogP contribution in [0.1, 0.15) is 49.7 Å². The Labute approximate surface area is 196 Å². The lowest BCUT2D eigenvalue weighted by Crippen LogP contribution is -2.43. The van der Waals surface area contributed by atoms with Crippen LogP contribution in [-0.4, -0.2) is 59.6 Å². The molecule has 0 spiro atoms. The third kappa shape index (κ3) is 7.65. The SMILES string of the molecule is CCNC(=NCC1CCN(Cc2csc(C)n2)CC1)NC1CCC(SC)C1.I. The Morgan fingerprint density at radius 1 is 1.32 bits per heavy atom. The summed E-state index contributed by atoms with van der Waals surface area (Å²) in [6.07, 6.45) is 8.57. The number of piperidine rings is 1. The van der Waals surface area contributed by atoms with Gasteiger partial charge in [0.25, 0.3) is 0 Å². The Morgan fingerprint density at radius 3 is 2.71 bits per heavy atom. The van der Waals surface area contributed by atoms with Crippen molar-refractivity contribution in [2.24, 2.45) is 10.9 Å². The van der Waals surface area contributed by atoms with Crippen LogP contribution in [-0.2, 0) is 6.54 Å². The van der Waals surface area contributed by atoms with Crippen molar-refractivity contribution in [3.63, 3.8) is 0 Å². The molecule has 2 atom stereocenters. The summed E-state index contributed by atoms with van der Waals surface area (Å²) in [5, 5.41) is 11.3. The van der Waals surface area contributed by atoms with Crippen LogP contribution < -0.4 is 10.6 Å². The van der Waals surface area contributed by atoms with Gasteiger partial charge in [-0.25, -0.2) is 4.98 Å². The van der Waals surface area contributed by atoms with E-state index >= 15 is 0 Å². The molecule has 8 heteroatoms. The van der Waals surface area contributed by atoms with E-state index in [1.807, 2.05) is 11.8 Å². The summed E-state index contributed by atoms with van der Waals surface area (Å²) >= 11 is 3.76. The number of nitrogens with one attached hydrogen (secondary N) is 2. The van der Waals surface area contributed by atoms with Crippen molar-refractivity contribution in [3.8, 4) is 0 Å². The zero-order valence-corrected chi connectivity index (χ0v) is 21.4. The first-order chi connectivity index (χ1) is 13.2. The molecule has 1 saturated carbocycles. The van der Waals surface area contributed by atoms with E-state index in [-0.39, 0.29) is 24.0 Å². The third-order valence-corrected chi connectivity index (χ3v) is 7.59. The molecule has 160 valence electrons. The molecule has 28 heavy (non-hydrogen) atoms. The molecule has 1 aliphatic carbocycles. The number of halogens is 1. The average Bonchev–Trinajstić information content (AvgIpc) is 3.30. The number of rotatable bonds is 7. The van der Waals surface area contributed by atoms with E-state index in [0.717, 1.165) is 30.8 Å². The topological polar surface area (TPSA) is 52.6 Å². The van der Waals surface area contributed by atoms with Gasteiger partial charge in [0.1, 0.15) is 0 Å². The Kier molecular flexibility index (Phi) is 10.9. The smallest absolute Gasteiger partial charge is 0.191 e. The molecule has 2 unspecified atom stereocenters. The zero-order valence-electron chi connectivity index (χ0n) is 17.4. The Balaban J connectivity index is 0.00000280. The summed E-state index contributed by atoms with van der Waals surface area (Å²) in [6, 6.07) is 0.587. The fourth-order valence-electron chi connectivity index (χ4n) is 4.06. The predicted molar refractivity (Wildman–Crippen MR) is 134 cm³/mol. The molecule has 5 nitrogen and oxygen atoms in total. The quantitative estimate of drug-likeness (QED) is 0.312. The Morgan fingerprint density at radius 2 is 2.11 bits per heavy atom. The van der Waals surface area contributed by atoms with Crippen LogP contribution in [0.3, 0.4) is 0 Å². The molecule has 1 aliphatic heterocycles. The van der Waals surface area contributed by atoms with Crippen LogP contribution in [0, 0.1) is 12.8 Å². The maximum atomic E-state index is 4.92. The van der Waals surface area contributed by atoms with Crippen LogP contribution in [0.2, 0.25) is 0 Å². The Hall–Kier alpha value is -0.0600. The maximum Gasteiger partial charge on any atom is 0.191 e. The minimum Gasteiger partial charge on any atom is -0.357 e. The second-order valence-corrected chi connectivity index (χ2v) is 10.0. The lowest BCUT2D eigenvalue weighted by atomic mass is 9.97. The van der Waals surface area contributed by atoms with E-state index in [1.54, 1.807) is 11.3 Å². The molecule has 3 rings (SSSR count). The van der Waals surface area contributed by atoms with Crippen molar-refractivity contribution in [2.75, 3.05) is 32.4 Å². The lowest BCUT2D eigenvalue weighted by molar-refractivity contribution is 0.179. The van der Waals surface area contributed by atoms with Crippen molar-refractivity contribution in [1.29, 1.82) is 0 Å². The summed E-state index contributed by atoms with van der Waals surface area (Å²) in [7, 11) is 0. The van der Waals surface area contributed by atoms with Crippen molar-refractivity contribution >= 4 is 53.0 Å². The van der Waals surface area contributed by atoms with Crippen molar-refractivity contribution in [2.45, 2.75) is 63.8 Å². The molecule has 2 N–H and O–H groups in total. The van der Waals surface area contributed by atoms with E-state index in [1.165, 1.54) is 55.9 Å². The highest BCUT2D eigenvalue weighted by Gasteiger charge is 2.25. The van der Waals surface area contributed by atoms with Gasteiger partial charge in [0.05, 0.1) is 10.7 Å². The summed E-state index contributed by atoms with van der Waals surface area (Å²) in [5.41, 5.74) is 1.23. The van der Waals surface area contributed by atoms with Gasteiger partial charge < -0.3 is 10.6 Å². The van der Waals surface area contributed by atoms with E-state index < -0.39 is 0 Å². The fourth-order valence-corrected chi connectivity index (χ4v) is 5.46. The van der Waals surface area contributed by atoms with E-state index in [0.29, 0.717) is 12.0 Å². The first-order valence-electron chi connectivity index (χ1n) is 10.4. The minimum absolute atomic E-state index is 0. The maximum absolute atomic E-state index is 4.92. The third-order valence-electron chi connectivity index (χ3n) is 5.67. The van der Waals surface area contributed by atoms with Crippen molar-refractivity contribution < 1.29 is 0 Å². The molecule has 1 aromatic rings. The number of thiazole rings is 1. The molecule has 2 aliphatic rings. The van der Waals surface area contributed by atoms with Crippen molar-refractivity contribution in [3.05, 3.63) is 16.1 Å². The van der Waals surface area contributed by atoms with Gasteiger partial charge in [0.2, 0.25) is 0 Å². The first-order valence-corrected chi connectivity index (χ1v) is 12.5. The van der Waals surface area contributed by atoms with Crippen LogP contribution in [0.25, 0.3) is 0 Å². The highest BCUT2D eigenvalue weighted by atomic mass is 127. The molecule has 0 aromatic carbocycles. The number of hydrogen-bond acceptors (Lipinski definition) is 5. The number of likely N-dealkylation sites (tertiary alicyclic amines) is 1. The summed E-state index contributed by atoms with van der Waals surface area (Å²) in [5.74, 6) is 1.72. The minimum atomic E-state index is 0. The molecular formula is C20H36IN5S2. The molecule has 2 heterocycles. The molecular weight excluding hydrogens is 501 g/mol. The lowest BCUT2D eigenvalue weighted by Gasteiger charge is -2.31. The molecule has 1 aromatic heterocycles. The normalized spacial score (nSPS) is 24.2. The molecule has 0 amide bonds. The van der Waals surface area contributed by atoms with E-state index in [2.05, 4.69) is 46.0 Å². The van der Waals surface area contributed by atoms with Crippen LogP contribution >= 0.6 is 47.1 Å². The standard InChI is InChI=1S/C20H35N5S2.HI/c1-4-21-20(24-17-5-6-19(11-17)26-3)22-12-16-7-9-25(10-8-16)13-18-14-27-15(2)23-18;/h14,16-17,19H,4-13H2,1-3H3,(H2,21,22,24);1H. The number of aliphatic imine (C=N–C) groups is 1. The van der Waals surface area contributed by atoms with Crippen molar-refractivity contribution in [1.82, 2.24) is 20.5 Å². The van der Waals surface area contributed by atoms with E-state index in [9.17, 15) is 0 Å². The summed E-state index contributed by atoms with van der Waals surface area (Å²) < 4.78 is 0. The van der Waals surface area contributed by atoms with Crippen LogP contribution in [0.4, 0.5) is 0 Å². The van der Waals surface area contributed by atoms with Gasteiger partial charge in [-0.05, 0) is 71.2 Å². The highest BCUT2D eigenvalue weighted by Crippen LogP contribution is 2.28. The predicted octanol–water partition coefficient (Wildman–Crippen LogP) is 4.12. The molecule has 0 radical (unpaired) electrons. The second kappa shape index (κ2) is 12.6. The average molecular weight is 538 g/mol. The second-order valence-electron chi connectivity index (χ2n) is 7.81. The van der Waals surface area contributed by atoms with E-state index in [4.69, 9.17) is 4.99 Å². The molecule has 0 bridgehead atoms. The summed E-state index contributed by atoms with van der Waals surface area (Å²) in [6.45, 7) is 9.43. The number of thioether (sulfide) groups is 1. The largest absolute Gasteiger partial charge is 0.357 e. The zero-order chi connectivity index (χ0) is 19.1. The van der Waals surface area contributed by atoms with Crippen LogP contribution in [0.15, 0.2) is 10.4 Å². The van der Waals surface area contributed by atoms with Gasteiger partial charge in [-0.2, -0.15) is 11.8 Å². The van der Waals surface area contributed by atoms with Gasteiger partial charge >= 0.3 is 0 Å². The van der Waals surface area contributed by atoms with Gasteiger partial charge in [-0.3, -0.25) is 9.89 Å². The van der Waals surface area contributed by atoms with Gasteiger partial charge in [0.15, 0.2) is 5.96 Å². The van der Waals surface area contributed by atoms with Crippen LogP contribution in [0.5, 0.6) is 0 Å². The highest BCUT2D eigenvalue weighted by molar-refractivity contribution is 14.0. The van der Waals surface area contributed by atoms with Gasteiger partial charge in [0, 0.05) is 36.3 Å². The fraction of sp³-hybridized carbons (Fsp3) is 0.800. The monoisotopic (exact) mass is 537 g/mol. The number of nitrogens with zero attached hydrogens (tertiary/aromatic N) is 3. The van der Waals surface area contributed by atoms with Gasteiger partial charge in [-0.15, -0.1) is 35.3 Å². The number of aryl methyl sites for hydroxylation is 1. The molecule has 1 saturated heterocycles. The number of aromatic nitrogens is 1. The number of guanidine groups is 1. The summed E-state index contributed by atoms with van der Waals surface area (Å²) in [4.78, 5) is 12.1. The van der Waals surface area contributed by atoms with Gasteiger partial charge in [-0.1, -0.05) is 0 Å². The number of hydrogen-bond donors (Lipinski definition) is 2. The Bertz CT molecular complexity index is 601. The first kappa shape index (κ1) is 24.2. The molecule has 2 fully saturated rings.